The van der Waals surface area contributed by atoms with Crippen LogP contribution in [0.5, 0.6) is 0 Å². The van der Waals surface area contributed by atoms with Crippen LogP contribution in [-0.4, -0.2) is 40.1 Å². The van der Waals surface area contributed by atoms with Gasteiger partial charge in [0.15, 0.2) is 0 Å². The Kier molecular flexibility index (Phi) is 5.20. The maximum Gasteiger partial charge on any atom is 0.327 e. The fourth-order valence-corrected chi connectivity index (χ4v) is 3.27. The molecule has 1 atom stereocenters. The predicted molar refractivity (Wildman–Crippen MR) is 96.9 cm³/mol. The standard InChI is InChI=1S/C19H20N2O2S/c22-18-13-20(12-16-9-5-2-6-10-16)19(23)21(18)17(14-24)11-15-7-3-1-4-8-15/h1-10,17,24H,11-14H2. The first-order chi connectivity index (χ1) is 11.7. The lowest BCUT2D eigenvalue weighted by atomic mass is 10.1. The van der Waals surface area contributed by atoms with E-state index in [1.165, 1.54) is 4.90 Å². The largest absolute Gasteiger partial charge is 0.327 e. The molecule has 1 heterocycles. The van der Waals surface area contributed by atoms with E-state index in [-0.39, 0.29) is 24.5 Å². The number of carbonyl (C=O) groups excluding carboxylic acids is 2. The Balaban J connectivity index is 1.72. The van der Waals surface area contributed by atoms with Crippen LogP contribution >= 0.6 is 12.6 Å². The first-order valence-corrected chi connectivity index (χ1v) is 8.62. The summed E-state index contributed by atoms with van der Waals surface area (Å²) in [6.45, 7) is 0.583. The molecule has 3 rings (SSSR count). The monoisotopic (exact) mass is 340 g/mol. The van der Waals surface area contributed by atoms with E-state index in [1.54, 1.807) is 4.90 Å². The maximum absolute atomic E-state index is 12.7. The molecule has 1 unspecified atom stereocenters. The molecule has 0 spiro atoms. The molecule has 0 saturated carbocycles. The van der Waals surface area contributed by atoms with Gasteiger partial charge < -0.3 is 4.90 Å². The number of urea groups is 1. The predicted octanol–water partition coefficient (Wildman–Crippen LogP) is 2.99. The molecule has 1 saturated heterocycles. The highest BCUT2D eigenvalue weighted by molar-refractivity contribution is 7.80. The van der Waals surface area contributed by atoms with E-state index in [1.807, 2.05) is 60.7 Å². The van der Waals surface area contributed by atoms with Crippen LogP contribution < -0.4 is 0 Å². The van der Waals surface area contributed by atoms with Gasteiger partial charge in [-0.1, -0.05) is 60.7 Å². The summed E-state index contributed by atoms with van der Waals surface area (Å²) in [6.07, 6.45) is 0.626. The lowest BCUT2D eigenvalue weighted by Gasteiger charge is -2.25. The number of nitrogens with zero attached hydrogens (tertiary/aromatic N) is 2. The van der Waals surface area contributed by atoms with Gasteiger partial charge in [-0.05, 0) is 17.5 Å². The molecule has 1 aliphatic rings. The van der Waals surface area contributed by atoms with E-state index in [9.17, 15) is 9.59 Å². The zero-order valence-corrected chi connectivity index (χ0v) is 14.2. The van der Waals surface area contributed by atoms with Gasteiger partial charge in [-0.15, -0.1) is 0 Å². The van der Waals surface area contributed by atoms with Gasteiger partial charge in [0.1, 0.15) is 6.54 Å². The first-order valence-electron chi connectivity index (χ1n) is 7.98. The zero-order chi connectivity index (χ0) is 16.9. The van der Waals surface area contributed by atoms with E-state index in [4.69, 9.17) is 0 Å². The number of hydrogen-bond donors (Lipinski definition) is 1. The third kappa shape index (κ3) is 3.62. The van der Waals surface area contributed by atoms with Crippen LogP contribution in [0.25, 0.3) is 0 Å². The van der Waals surface area contributed by atoms with Crippen LogP contribution in [0.2, 0.25) is 0 Å². The number of rotatable bonds is 6. The van der Waals surface area contributed by atoms with Gasteiger partial charge in [0.25, 0.3) is 5.91 Å². The fraction of sp³-hybridized carbons (Fsp3) is 0.263. The highest BCUT2D eigenvalue weighted by atomic mass is 32.1. The molecule has 2 aromatic rings. The van der Waals surface area contributed by atoms with Gasteiger partial charge in [0, 0.05) is 12.3 Å². The summed E-state index contributed by atoms with van der Waals surface area (Å²) in [5.74, 6) is 0.303. The van der Waals surface area contributed by atoms with Crippen molar-refractivity contribution in [3.63, 3.8) is 0 Å². The first kappa shape index (κ1) is 16.6. The van der Waals surface area contributed by atoms with E-state index in [2.05, 4.69) is 12.6 Å². The Morgan fingerprint density at radius 1 is 0.917 bits per heavy atom. The number of carbonyl (C=O) groups is 2. The molecule has 4 nitrogen and oxygen atoms in total. The summed E-state index contributed by atoms with van der Waals surface area (Å²) < 4.78 is 0. The number of hydrogen-bond acceptors (Lipinski definition) is 3. The van der Waals surface area contributed by atoms with Crippen molar-refractivity contribution < 1.29 is 9.59 Å². The van der Waals surface area contributed by atoms with Gasteiger partial charge in [-0.2, -0.15) is 12.6 Å². The summed E-state index contributed by atoms with van der Waals surface area (Å²) >= 11 is 4.37. The number of amides is 3. The minimum Gasteiger partial charge on any atom is -0.311 e. The molecule has 0 aromatic heterocycles. The van der Waals surface area contributed by atoms with Crippen LogP contribution in [0.3, 0.4) is 0 Å². The average Bonchev–Trinajstić information content (AvgIpc) is 2.88. The summed E-state index contributed by atoms with van der Waals surface area (Å²) in [6, 6.07) is 19.1. The minimum atomic E-state index is -0.225. The molecule has 124 valence electrons. The van der Waals surface area contributed by atoms with Crippen molar-refractivity contribution in [2.75, 3.05) is 12.3 Å². The second-order valence-electron chi connectivity index (χ2n) is 5.91. The van der Waals surface area contributed by atoms with E-state index >= 15 is 0 Å². The molecule has 24 heavy (non-hydrogen) atoms. The van der Waals surface area contributed by atoms with Crippen LogP contribution in [0.4, 0.5) is 4.79 Å². The summed E-state index contributed by atoms with van der Waals surface area (Å²) in [4.78, 5) is 28.1. The van der Waals surface area contributed by atoms with E-state index < -0.39 is 0 Å². The quantitative estimate of drug-likeness (QED) is 0.649. The smallest absolute Gasteiger partial charge is 0.311 e. The minimum absolute atomic E-state index is 0.132. The molecule has 1 fully saturated rings. The summed E-state index contributed by atoms with van der Waals surface area (Å²) in [5, 5.41) is 0. The normalized spacial score (nSPS) is 15.9. The molecule has 1 aliphatic heterocycles. The molecular formula is C19H20N2O2S. The van der Waals surface area contributed by atoms with E-state index in [0.29, 0.717) is 18.7 Å². The van der Waals surface area contributed by atoms with Crippen molar-refractivity contribution in [3.05, 3.63) is 71.8 Å². The number of imide groups is 1. The lowest BCUT2D eigenvalue weighted by Crippen LogP contribution is -2.43. The van der Waals surface area contributed by atoms with Gasteiger partial charge in [-0.3, -0.25) is 9.69 Å². The second-order valence-corrected chi connectivity index (χ2v) is 6.28. The molecule has 0 N–H and O–H groups in total. The Bertz CT molecular complexity index is 706. The van der Waals surface area contributed by atoms with Gasteiger partial charge in [-0.25, -0.2) is 4.79 Å². The topological polar surface area (TPSA) is 40.6 Å². The van der Waals surface area contributed by atoms with Gasteiger partial charge in [0.05, 0.1) is 6.04 Å². The van der Waals surface area contributed by atoms with E-state index in [0.717, 1.165) is 11.1 Å². The van der Waals surface area contributed by atoms with Crippen molar-refractivity contribution in [3.8, 4) is 0 Å². The van der Waals surface area contributed by atoms with Crippen molar-refractivity contribution in [2.24, 2.45) is 0 Å². The summed E-state index contributed by atoms with van der Waals surface area (Å²) in [7, 11) is 0. The summed E-state index contributed by atoms with van der Waals surface area (Å²) in [5.41, 5.74) is 2.12. The highest BCUT2D eigenvalue weighted by Crippen LogP contribution is 2.20. The number of benzene rings is 2. The molecule has 0 aliphatic carbocycles. The van der Waals surface area contributed by atoms with Crippen LogP contribution in [0.15, 0.2) is 60.7 Å². The number of thiol groups is 1. The zero-order valence-electron chi connectivity index (χ0n) is 13.3. The molecule has 0 radical (unpaired) electrons. The highest BCUT2D eigenvalue weighted by Gasteiger charge is 2.39. The molecule has 5 heteroatoms. The van der Waals surface area contributed by atoms with Crippen LogP contribution in [0, 0.1) is 0 Å². The Morgan fingerprint density at radius 2 is 1.50 bits per heavy atom. The molecule has 3 amide bonds. The Hall–Kier alpha value is -2.27. The second kappa shape index (κ2) is 7.53. The fourth-order valence-electron chi connectivity index (χ4n) is 2.98. The van der Waals surface area contributed by atoms with Gasteiger partial charge in [0.2, 0.25) is 0 Å². The molecule has 2 aromatic carbocycles. The van der Waals surface area contributed by atoms with Crippen LogP contribution in [0.1, 0.15) is 11.1 Å². The SMILES string of the molecule is O=C1CN(Cc2ccccc2)C(=O)N1C(CS)Cc1ccccc1. The molecule has 0 bridgehead atoms. The van der Waals surface area contributed by atoms with Crippen molar-refractivity contribution in [2.45, 2.75) is 19.0 Å². The Morgan fingerprint density at radius 3 is 2.08 bits per heavy atom. The van der Waals surface area contributed by atoms with Crippen molar-refractivity contribution >= 4 is 24.6 Å². The maximum atomic E-state index is 12.7. The van der Waals surface area contributed by atoms with Crippen molar-refractivity contribution in [1.82, 2.24) is 9.80 Å². The molecular weight excluding hydrogens is 320 g/mol. The van der Waals surface area contributed by atoms with Crippen LogP contribution in [-0.2, 0) is 17.8 Å². The lowest BCUT2D eigenvalue weighted by molar-refractivity contribution is -0.126. The third-order valence-corrected chi connectivity index (χ3v) is 4.60. The van der Waals surface area contributed by atoms with Gasteiger partial charge >= 0.3 is 6.03 Å². The Labute approximate surface area is 147 Å². The third-order valence-electron chi connectivity index (χ3n) is 4.18. The van der Waals surface area contributed by atoms with Crippen molar-refractivity contribution in [1.29, 1.82) is 0 Å². The average molecular weight is 340 g/mol.